The third kappa shape index (κ3) is 4.23. The number of carbonyl (C=O) groups excluding carboxylic acids is 1. The molecule has 0 N–H and O–H groups in total. The molecule has 3 heterocycles. The van der Waals surface area contributed by atoms with Crippen LogP contribution in [0.15, 0.2) is 34.2 Å². The first-order chi connectivity index (χ1) is 15.6. The number of ketones is 1. The third-order valence-electron chi connectivity index (χ3n) is 6.17. The van der Waals surface area contributed by atoms with Gasteiger partial charge in [0, 0.05) is 17.0 Å². The van der Waals surface area contributed by atoms with Gasteiger partial charge in [-0.1, -0.05) is 23.9 Å². The van der Waals surface area contributed by atoms with Crippen LogP contribution in [0.2, 0.25) is 0 Å². The van der Waals surface area contributed by atoms with Crippen LogP contribution in [-0.4, -0.2) is 40.9 Å². The van der Waals surface area contributed by atoms with Crippen LogP contribution in [0.1, 0.15) is 46.5 Å². The molecule has 0 saturated carbocycles. The molecule has 168 valence electrons. The number of aromatic nitrogens is 2. The van der Waals surface area contributed by atoms with Crippen molar-refractivity contribution in [2.75, 3.05) is 19.5 Å². The summed E-state index contributed by atoms with van der Waals surface area (Å²) in [7, 11) is 1.59. The second-order valence-electron chi connectivity index (χ2n) is 8.28. The van der Waals surface area contributed by atoms with Crippen molar-refractivity contribution in [3.8, 4) is 5.75 Å². The normalized spacial score (nSPS) is 18.1. The highest BCUT2D eigenvalue weighted by Gasteiger charge is 2.25. The number of thioether (sulfide) groups is 1. The summed E-state index contributed by atoms with van der Waals surface area (Å²) in [6, 6.07) is 7.16. The summed E-state index contributed by atoms with van der Waals surface area (Å²) in [6.07, 6.45) is 6.25. The Bertz CT molecular complexity index is 1210. The summed E-state index contributed by atoms with van der Waals surface area (Å²) in [5.74, 6) is 0.846. The summed E-state index contributed by atoms with van der Waals surface area (Å²) in [5.41, 5.74) is 1.80. The van der Waals surface area contributed by atoms with E-state index in [2.05, 4.69) is 0 Å². The second-order valence-corrected chi connectivity index (χ2v) is 10.3. The highest BCUT2D eigenvalue weighted by atomic mass is 32.2. The average Bonchev–Trinajstić information content (AvgIpc) is 3.47. The molecule has 1 fully saturated rings. The van der Waals surface area contributed by atoms with Gasteiger partial charge >= 0.3 is 0 Å². The summed E-state index contributed by atoms with van der Waals surface area (Å²) in [4.78, 5) is 33.5. The van der Waals surface area contributed by atoms with Crippen molar-refractivity contribution in [3.05, 3.63) is 50.6 Å². The molecule has 0 amide bonds. The second kappa shape index (κ2) is 9.37. The van der Waals surface area contributed by atoms with Crippen LogP contribution in [-0.2, 0) is 24.1 Å². The fourth-order valence-electron chi connectivity index (χ4n) is 4.49. The smallest absolute Gasteiger partial charge is 0.263 e. The minimum atomic E-state index is -0.0163. The zero-order chi connectivity index (χ0) is 22.1. The Morgan fingerprint density at radius 1 is 1.31 bits per heavy atom. The number of fused-ring (bicyclic) bond motifs is 3. The van der Waals surface area contributed by atoms with E-state index in [4.69, 9.17) is 14.5 Å². The number of nitrogens with zero attached hydrogens (tertiary/aromatic N) is 2. The largest absolute Gasteiger partial charge is 0.497 e. The van der Waals surface area contributed by atoms with E-state index in [0.29, 0.717) is 23.0 Å². The number of Topliss-reactive ketones (excluding diaryl/α,β-unsaturated/α-hetero) is 1. The van der Waals surface area contributed by atoms with Gasteiger partial charge in [-0.15, -0.1) is 11.3 Å². The highest BCUT2D eigenvalue weighted by molar-refractivity contribution is 7.99. The molecule has 32 heavy (non-hydrogen) atoms. The lowest BCUT2D eigenvalue weighted by Gasteiger charge is -2.16. The maximum absolute atomic E-state index is 13.6. The van der Waals surface area contributed by atoms with Gasteiger partial charge in [0.25, 0.3) is 5.56 Å². The Kier molecular flexibility index (Phi) is 6.35. The number of aryl methyl sites for hydroxylation is 2. The molecular formula is C24H26N2O4S2. The van der Waals surface area contributed by atoms with Crippen molar-refractivity contribution in [2.45, 2.75) is 56.3 Å². The van der Waals surface area contributed by atoms with Gasteiger partial charge in [-0.2, -0.15) is 0 Å². The average molecular weight is 471 g/mol. The lowest BCUT2D eigenvalue weighted by atomic mass is 9.97. The van der Waals surface area contributed by atoms with Gasteiger partial charge in [0.1, 0.15) is 10.6 Å². The molecule has 1 aliphatic carbocycles. The molecule has 0 bridgehead atoms. The highest BCUT2D eigenvalue weighted by Crippen LogP contribution is 2.35. The van der Waals surface area contributed by atoms with E-state index >= 15 is 0 Å². The summed E-state index contributed by atoms with van der Waals surface area (Å²) >= 11 is 2.98. The fraction of sp³-hybridized carbons (Fsp3) is 0.458. The van der Waals surface area contributed by atoms with Crippen LogP contribution >= 0.6 is 23.1 Å². The molecule has 0 radical (unpaired) electrons. The zero-order valence-corrected chi connectivity index (χ0v) is 19.7. The maximum Gasteiger partial charge on any atom is 0.263 e. The number of hydrogen-bond acceptors (Lipinski definition) is 7. The predicted molar refractivity (Wildman–Crippen MR) is 128 cm³/mol. The minimum Gasteiger partial charge on any atom is -0.497 e. The number of hydrogen-bond donors (Lipinski definition) is 0. The molecule has 6 nitrogen and oxygen atoms in total. The van der Waals surface area contributed by atoms with Crippen LogP contribution in [0.5, 0.6) is 5.75 Å². The molecule has 1 aliphatic heterocycles. The van der Waals surface area contributed by atoms with E-state index in [1.807, 2.05) is 12.1 Å². The van der Waals surface area contributed by atoms with Crippen molar-refractivity contribution in [1.82, 2.24) is 9.55 Å². The van der Waals surface area contributed by atoms with E-state index in [0.717, 1.165) is 48.9 Å². The SMILES string of the molecule is COc1cccc(C(=O)CSc2nc3sc4c(c3c(=O)n2CC2CCCO2)CCCC4)c1. The van der Waals surface area contributed by atoms with Crippen molar-refractivity contribution >= 4 is 39.1 Å². The lowest BCUT2D eigenvalue weighted by Crippen LogP contribution is -2.29. The Balaban J connectivity index is 1.48. The first-order valence-electron chi connectivity index (χ1n) is 11.1. The third-order valence-corrected chi connectivity index (χ3v) is 8.34. The molecule has 3 aromatic rings. The lowest BCUT2D eigenvalue weighted by molar-refractivity contribution is 0.0937. The van der Waals surface area contributed by atoms with Gasteiger partial charge < -0.3 is 9.47 Å². The van der Waals surface area contributed by atoms with Gasteiger partial charge in [0.15, 0.2) is 10.9 Å². The number of thiophene rings is 1. The number of benzene rings is 1. The topological polar surface area (TPSA) is 70.4 Å². The Labute approximate surface area is 195 Å². The Morgan fingerprint density at radius 3 is 3.00 bits per heavy atom. The van der Waals surface area contributed by atoms with Crippen molar-refractivity contribution < 1.29 is 14.3 Å². The van der Waals surface area contributed by atoms with Gasteiger partial charge in [0.05, 0.1) is 30.9 Å². The molecule has 5 rings (SSSR count). The quantitative estimate of drug-likeness (QED) is 0.288. The van der Waals surface area contributed by atoms with Gasteiger partial charge in [-0.3, -0.25) is 14.2 Å². The van der Waals surface area contributed by atoms with Crippen LogP contribution in [0.25, 0.3) is 10.2 Å². The number of rotatable bonds is 7. The monoisotopic (exact) mass is 470 g/mol. The molecule has 1 unspecified atom stereocenters. The van der Waals surface area contributed by atoms with Crippen molar-refractivity contribution in [2.24, 2.45) is 0 Å². The number of ether oxygens (including phenoxy) is 2. The van der Waals surface area contributed by atoms with Gasteiger partial charge in [-0.25, -0.2) is 4.98 Å². The van der Waals surface area contributed by atoms with Gasteiger partial charge in [0.2, 0.25) is 0 Å². The molecule has 1 saturated heterocycles. The maximum atomic E-state index is 13.6. The standard InChI is InChI=1S/C24H26N2O4S2/c1-29-16-7-4-6-15(12-16)19(27)14-31-24-25-22-21(18-9-2-3-10-20(18)32-22)23(28)26(24)13-17-8-5-11-30-17/h4,6-7,12,17H,2-3,5,8-11,13-14H2,1H3. The van der Waals surface area contributed by atoms with E-state index in [1.54, 1.807) is 35.1 Å². The fourth-order valence-corrected chi connectivity index (χ4v) is 6.70. The van der Waals surface area contributed by atoms with E-state index in [1.165, 1.54) is 28.6 Å². The van der Waals surface area contributed by atoms with E-state index in [-0.39, 0.29) is 23.2 Å². The van der Waals surface area contributed by atoms with Crippen LogP contribution < -0.4 is 10.3 Å². The summed E-state index contributed by atoms with van der Waals surface area (Å²) in [5, 5.41) is 1.39. The summed E-state index contributed by atoms with van der Waals surface area (Å²) < 4.78 is 12.8. The van der Waals surface area contributed by atoms with Crippen LogP contribution in [0, 0.1) is 0 Å². The first kappa shape index (κ1) is 21.7. The molecule has 2 aromatic heterocycles. The molecule has 8 heteroatoms. The Morgan fingerprint density at radius 2 is 2.19 bits per heavy atom. The predicted octanol–water partition coefficient (Wildman–Crippen LogP) is 4.50. The van der Waals surface area contributed by atoms with Crippen molar-refractivity contribution in [3.63, 3.8) is 0 Å². The van der Waals surface area contributed by atoms with Gasteiger partial charge in [-0.05, 0) is 56.2 Å². The summed E-state index contributed by atoms with van der Waals surface area (Å²) in [6.45, 7) is 1.22. The molecular weight excluding hydrogens is 444 g/mol. The van der Waals surface area contributed by atoms with Crippen LogP contribution in [0.3, 0.4) is 0 Å². The number of methoxy groups -OCH3 is 1. The molecule has 0 spiro atoms. The van der Waals surface area contributed by atoms with E-state index in [9.17, 15) is 9.59 Å². The molecule has 1 aromatic carbocycles. The Hall–Kier alpha value is -2.16. The first-order valence-corrected chi connectivity index (χ1v) is 12.9. The van der Waals surface area contributed by atoms with Crippen molar-refractivity contribution in [1.29, 1.82) is 0 Å². The minimum absolute atomic E-state index is 0.0150. The molecule has 1 atom stereocenters. The van der Waals surface area contributed by atoms with E-state index < -0.39 is 0 Å². The number of carbonyl (C=O) groups is 1. The molecule has 2 aliphatic rings. The van der Waals surface area contributed by atoms with Crippen LogP contribution in [0.4, 0.5) is 0 Å². The zero-order valence-electron chi connectivity index (χ0n) is 18.1.